The van der Waals surface area contributed by atoms with Gasteiger partial charge in [-0.1, -0.05) is 25.4 Å². The first-order chi connectivity index (χ1) is 14.5. The summed E-state index contributed by atoms with van der Waals surface area (Å²) in [4.78, 5) is 20.6. The Morgan fingerprint density at radius 1 is 1.29 bits per heavy atom. The second-order valence-electron chi connectivity index (χ2n) is 6.78. The molecule has 2 aromatic heterocycles. The number of pyridine rings is 1. The molecule has 1 aromatic carbocycles. The predicted molar refractivity (Wildman–Crippen MR) is 113 cm³/mol. The van der Waals surface area contributed by atoms with E-state index in [-0.39, 0.29) is 11.7 Å². The third kappa shape index (κ3) is 4.91. The molecule has 0 spiro atoms. The van der Waals surface area contributed by atoms with Crippen LogP contribution in [-0.4, -0.2) is 28.2 Å². The van der Waals surface area contributed by atoms with E-state index in [4.69, 9.17) is 16.3 Å². The lowest BCUT2D eigenvalue weighted by molar-refractivity contribution is -0.137. The van der Waals surface area contributed by atoms with Gasteiger partial charge in [0, 0.05) is 16.6 Å². The Hall–Kier alpha value is -2.85. The van der Waals surface area contributed by atoms with Crippen molar-refractivity contribution >= 4 is 39.9 Å². The van der Waals surface area contributed by atoms with E-state index in [1.165, 1.54) is 18.4 Å². The van der Waals surface area contributed by atoms with Crippen LogP contribution in [0.25, 0.3) is 11.3 Å². The number of halogens is 4. The molecule has 0 fully saturated rings. The third-order valence-electron chi connectivity index (χ3n) is 4.27. The third-order valence-corrected chi connectivity index (χ3v) is 5.84. The topological polar surface area (TPSA) is 84.3 Å². The predicted octanol–water partition coefficient (Wildman–Crippen LogP) is 6.45. The number of methoxy groups -OCH3 is 1. The van der Waals surface area contributed by atoms with Gasteiger partial charge in [0.1, 0.15) is 17.1 Å². The van der Waals surface area contributed by atoms with Gasteiger partial charge in [0.05, 0.1) is 23.4 Å². The summed E-state index contributed by atoms with van der Waals surface area (Å²) in [6.07, 6.45) is -4.13. The maximum absolute atomic E-state index is 12.9. The van der Waals surface area contributed by atoms with E-state index >= 15 is 0 Å². The molecule has 0 aliphatic heterocycles. The van der Waals surface area contributed by atoms with E-state index in [0.29, 0.717) is 33.9 Å². The SMILES string of the molecule is COc1ccc(-c2nc(Nc3ncc(C(F)(F)F)cc3C(=O)O)sc2C(C)C)cc1Cl. The van der Waals surface area contributed by atoms with Crippen LogP contribution in [0.1, 0.15) is 40.6 Å². The zero-order valence-corrected chi connectivity index (χ0v) is 18.1. The van der Waals surface area contributed by atoms with Gasteiger partial charge in [0.25, 0.3) is 0 Å². The van der Waals surface area contributed by atoms with Crippen LogP contribution in [0.3, 0.4) is 0 Å². The summed E-state index contributed by atoms with van der Waals surface area (Å²) in [6.45, 7) is 3.93. The second-order valence-corrected chi connectivity index (χ2v) is 8.22. The number of ether oxygens (including phenoxy) is 1. The minimum Gasteiger partial charge on any atom is -0.495 e. The number of hydrogen-bond acceptors (Lipinski definition) is 6. The number of benzene rings is 1. The highest BCUT2D eigenvalue weighted by Crippen LogP contribution is 2.40. The van der Waals surface area contributed by atoms with Gasteiger partial charge in [0.2, 0.25) is 0 Å². The summed E-state index contributed by atoms with van der Waals surface area (Å²) in [6, 6.07) is 5.73. The molecule has 3 aromatic rings. The Kier molecular flexibility index (Phi) is 6.42. The fourth-order valence-corrected chi connectivity index (χ4v) is 4.03. The highest BCUT2D eigenvalue weighted by atomic mass is 35.5. The molecule has 11 heteroatoms. The summed E-state index contributed by atoms with van der Waals surface area (Å²) in [7, 11) is 1.50. The molecule has 31 heavy (non-hydrogen) atoms. The number of aromatic carboxylic acids is 1. The number of thiazole rings is 1. The van der Waals surface area contributed by atoms with Gasteiger partial charge in [-0.15, -0.1) is 11.3 Å². The lowest BCUT2D eigenvalue weighted by atomic mass is 10.1. The second kappa shape index (κ2) is 8.72. The summed E-state index contributed by atoms with van der Waals surface area (Å²) < 4.78 is 43.9. The molecule has 0 aliphatic rings. The average Bonchev–Trinajstić information content (AvgIpc) is 3.11. The molecule has 0 unspecified atom stereocenters. The van der Waals surface area contributed by atoms with E-state index < -0.39 is 23.3 Å². The molecule has 2 N–H and O–H groups in total. The molecule has 0 radical (unpaired) electrons. The summed E-state index contributed by atoms with van der Waals surface area (Å²) in [5.41, 5.74) is -0.412. The van der Waals surface area contributed by atoms with E-state index in [1.54, 1.807) is 18.2 Å². The van der Waals surface area contributed by atoms with Crippen LogP contribution >= 0.6 is 22.9 Å². The van der Waals surface area contributed by atoms with Gasteiger partial charge >= 0.3 is 12.1 Å². The number of carbonyl (C=O) groups is 1. The zero-order valence-electron chi connectivity index (χ0n) is 16.5. The van der Waals surface area contributed by atoms with Crippen LogP contribution in [0, 0.1) is 0 Å². The molecule has 164 valence electrons. The van der Waals surface area contributed by atoms with Crippen molar-refractivity contribution in [2.45, 2.75) is 25.9 Å². The summed E-state index contributed by atoms with van der Waals surface area (Å²) >= 11 is 7.47. The van der Waals surface area contributed by atoms with Gasteiger partial charge in [-0.3, -0.25) is 0 Å². The van der Waals surface area contributed by atoms with Crippen LogP contribution in [0.5, 0.6) is 5.75 Å². The van der Waals surface area contributed by atoms with Crippen LogP contribution < -0.4 is 10.1 Å². The fourth-order valence-electron chi connectivity index (χ4n) is 2.78. The molecule has 3 rings (SSSR count). The van der Waals surface area contributed by atoms with Crippen molar-refractivity contribution in [3.05, 3.63) is 51.5 Å². The van der Waals surface area contributed by atoms with Crippen LogP contribution in [0.2, 0.25) is 5.02 Å². The minimum absolute atomic E-state index is 0.0726. The molecule has 0 aliphatic carbocycles. The Labute approximate surface area is 184 Å². The van der Waals surface area contributed by atoms with Crippen molar-refractivity contribution in [1.82, 2.24) is 9.97 Å². The van der Waals surface area contributed by atoms with Crippen molar-refractivity contribution in [2.24, 2.45) is 0 Å². The van der Waals surface area contributed by atoms with Crippen molar-refractivity contribution in [2.75, 3.05) is 12.4 Å². The number of nitrogens with one attached hydrogen (secondary N) is 1. The summed E-state index contributed by atoms with van der Waals surface area (Å²) in [5, 5.41) is 12.8. The number of anilines is 2. The maximum atomic E-state index is 12.9. The first kappa shape index (κ1) is 22.8. The molecule has 0 saturated heterocycles. The van der Waals surface area contributed by atoms with Crippen molar-refractivity contribution in [1.29, 1.82) is 0 Å². The standard InChI is InChI=1S/C20H17ClF3N3O3S/c1-9(2)16-15(10-4-5-14(30-3)13(21)6-10)26-19(31-16)27-17-12(18(28)29)7-11(8-25-17)20(22,23)24/h4-9H,1-3H3,(H,28,29)(H,25,26,27). The van der Waals surface area contributed by atoms with Crippen molar-refractivity contribution in [3.63, 3.8) is 0 Å². The molecule has 0 atom stereocenters. The normalized spacial score (nSPS) is 11.6. The zero-order chi connectivity index (χ0) is 22.9. The van der Waals surface area contributed by atoms with Gasteiger partial charge in [-0.25, -0.2) is 14.8 Å². The monoisotopic (exact) mass is 471 g/mol. The number of alkyl halides is 3. The van der Waals surface area contributed by atoms with E-state index in [1.807, 2.05) is 13.8 Å². The molecule has 0 saturated carbocycles. The first-order valence-corrected chi connectivity index (χ1v) is 10.1. The number of carboxylic acids is 1. The molecular formula is C20H17ClF3N3O3S. The molecule has 0 bridgehead atoms. The number of carboxylic acid groups (broad SMARTS) is 1. The number of nitrogens with zero attached hydrogens (tertiary/aromatic N) is 2. The molecule has 2 heterocycles. The lowest BCUT2D eigenvalue weighted by Gasteiger charge is -2.10. The Bertz CT molecular complexity index is 1130. The quantitative estimate of drug-likeness (QED) is 0.429. The number of aromatic nitrogens is 2. The number of hydrogen-bond donors (Lipinski definition) is 2. The Balaban J connectivity index is 2.03. The van der Waals surface area contributed by atoms with Crippen LogP contribution in [0.4, 0.5) is 24.1 Å². The van der Waals surface area contributed by atoms with Gasteiger partial charge in [0.15, 0.2) is 5.13 Å². The molecular weight excluding hydrogens is 455 g/mol. The highest BCUT2D eigenvalue weighted by molar-refractivity contribution is 7.16. The molecule has 0 amide bonds. The van der Waals surface area contributed by atoms with E-state index in [2.05, 4.69) is 15.3 Å². The smallest absolute Gasteiger partial charge is 0.417 e. The average molecular weight is 472 g/mol. The minimum atomic E-state index is -4.71. The van der Waals surface area contributed by atoms with E-state index in [0.717, 1.165) is 10.4 Å². The highest BCUT2D eigenvalue weighted by Gasteiger charge is 2.32. The van der Waals surface area contributed by atoms with Crippen molar-refractivity contribution in [3.8, 4) is 17.0 Å². The largest absolute Gasteiger partial charge is 0.495 e. The first-order valence-electron chi connectivity index (χ1n) is 8.93. The van der Waals surface area contributed by atoms with Crippen LogP contribution in [-0.2, 0) is 6.18 Å². The van der Waals surface area contributed by atoms with Gasteiger partial charge in [-0.05, 0) is 30.2 Å². The van der Waals surface area contributed by atoms with Gasteiger partial charge in [-0.2, -0.15) is 13.2 Å². The Morgan fingerprint density at radius 2 is 2.00 bits per heavy atom. The number of rotatable bonds is 6. The Morgan fingerprint density at radius 3 is 2.55 bits per heavy atom. The summed E-state index contributed by atoms with van der Waals surface area (Å²) in [5.74, 6) is -1.19. The van der Waals surface area contributed by atoms with E-state index in [9.17, 15) is 23.1 Å². The fraction of sp³-hybridized carbons (Fsp3) is 0.250. The van der Waals surface area contributed by atoms with Gasteiger partial charge < -0.3 is 15.2 Å². The molecule has 6 nitrogen and oxygen atoms in total. The van der Waals surface area contributed by atoms with Crippen LogP contribution in [0.15, 0.2) is 30.5 Å². The van der Waals surface area contributed by atoms with Crippen molar-refractivity contribution < 1.29 is 27.8 Å². The maximum Gasteiger partial charge on any atom is 0.417 e. The lowest BCUT2D eigenvalue weighted by Crippen LogP contribution is -2.11.